The summed E-state index contributed by atoms with van der Waals surface area (Å²) >= 11 is 0. The van der Waals surface area contributed by atoms with Gasteiger partial charge in [-0.3, -0.25) is 0 Å². The third-order valence-corrected chi connectivity index (χ3v) is 11.4. The van der Waals surface area contributed by atoms with Crippen LogP contribution in [0, 0.1) is 0 Å². The second kappa shape index (κ2) is 22.7. The molecule has 0 spiro atoms. The van der Waals surface area contributed by atoms with Crippen molar-refractivity contribution in [1.29, 1.82) is 0 Å². The zero-order valence-electron chi connectivity index (χ0n) is 33.2. The van der Waals surface area contributed by atoms with Crippen molar-refractivity contribution in [2.45, 2.75) is 130 Å². The van der Waals surface area contributed by atoms with Crippen LogP contribution in [0.1, 0.15) is 147 Å². The number of rotatable bonds is 11. The van der Waals surface area contributed by atoms with Crippen LogP contribution in [0.2, 0.25) is 0 Å². The fourth-order valence-electron chi connectivity index (χ4n) is 6.49. The molecule has 0 aliphatic carbocycles. The molecule has 0 heterocycles. The van der Waals surface area contributed by atoms with Gasteiger partial charge in [-0.15, -0.1) is 0 Å². The quantitative estimate of drug-likeness (QED) is 0.131. The average molecular weight is 669 g/mol. The first-order chi connectivity index (χ1) is 24.1. The Labute approximate surface area is 308 Å². The highest BCUT2D eigenvalue weighted by Crippen LogP contribution is 2.48. The van der Waals surface area contributed by atoms with Crippen LogP contribution in [0.3, 0.4) is 0 Å². The van der Waals surface area contributed by atoms with Gasteiger partial charge in [0.2, 0.25) is 0 Å². The largest absolute Gasteiger partial charge is 0.0648 e. The molecule has 0 amide bonds. The summed E-state index contributed by atoms with van der Waals surface area (Å²) in [5.41, 5.74) is 7.51. The highest BCUT2D eigenvalue weighted by molar-refractivity contribution is 5.37. The first-order valence-electron chi connectivity index (χ1n) is 19.4. The van der Waals surface area contributed by atoms with E-state index in [4.69, 9.17) is 0 Å². The summed E-state index contributed by atoms with van der Waals surface area (Å²) in [5, 5.41) is 0. The molecule has 0 fully saturated rings. The van der Waals surface area contributed by atoms with Crippen molar-refractivity contribution in [3.05, 3.63) is 179 Å². The van der Waals surface area contributed by atoms with Crippen LogP contribution < -0.4 is 0 Å². The molecule has 5 aromatic carbocycles. The van der Waals surface area contributed by atoms with Crippen LogP contribution in [0.5, 0.6) is 0 Å². The molecule has 0 aliphatic rings. The lowest BCUT2D eigenvalue weighted by atomic mass is 9.56. The zero-order valence-corrected chi connectivity index (χ0v) is 33.2. The van der Waals surface area contributed by atoms with Gasteiger partial charge in [-0.25, -0.2) is 0 Å². The number of benzene rings is 5. The van der Waals surface area contributed by atoms with Crippen molar-refractivity contribution < 1.29 is 0 Å². The van der Waals surface area contributed by atoms with E-state index < -0.39 is 0 Å². The molecule has 0 heteroatoms. The Bertz CT molecular complexity index is 1350. The van der Waals surface area contributed by atoms with E-state index in [1.165, 1.54) is 47.1 Å². The molecule has 0 saturated heterocycles. The zero-order chi connectivity index (χ0) is 36.8. The molecule has 0 aromatic heterocycles. The van der Waals surface area contributed by atoms with Gasteiger partial charge in [-0.05, 0) is 77.7 Å². The van der Waals surface area contributed by atoms with Crippen LogP contribution in [0.15, 0.2) is 152 Å². The molecule has 0 nitrogen and oxygen atoms in total. The molecule has 5 unspecified atom stereocenters. The van der Waals surface area contributed by atoms with Crippen molar-refractivity contribution >= 4 is 0 Å². The molecule has 0 aliphatic heterocycles. The summed E-state index contributed by atoms with van der Waals surface area (Å²) in [6.45, 7) is 22.9. The molecule has 5 aromatic rings. The van der Waals surface area contributed by atoms with E-state index >= 15 is 0 Å². The van der Waals surface area contributed by atoms with Gasteiger partial charge in [0, 0.05) is 10.8 Å². The van der Waals surface area contributed by atoms with Crippen LogP contribution in [0.25, 0.3) is 0 Å². The predicted octanol–water partition coefficient (Wildman–Crippen LogP) is 15.3. The van der Waals surface area contributed by atoms with Crippen molar-refractivity contribution in [2.24, 2.45) is 0 Å². The van der Waals surface area contributed by atoms with E-state index in [2.05, 4.69) is 221 Å². The second-order valence-corrected chi connectivity index (χ2v) is 14.3. The predicted molar refractivity (Wildman–Crippen MR) is 224 cm³/mol. The molecule has 5 atom stereocenters. The lowest BCUT2D eigenvalue weighted by Gasteiger charge is -2.47. The standard InChI is InChI=1S/C20H26.3C10H14/c1-5-19(3,17-13-9-7-10-14-17)20(4,6-2)18-15-11-8-12-16-18;3*1-3-9(2)10-7-5-4-6-8-10/h7-16H,5-6H2,1-4H3;3*4-9H,3H2,1-2H3. The van der Waals surface area contributed by atoms with Gasteiger partial charge in [0.25, 0.3) is 0 Å². The highest BCUT2D eigenvalue weighted by Gasteiger charge is 2.44. The molecule has 0 radical (unpaired) electrons. The van der Waals surface area contributed by atoms with Crippen LogP contribution >= 0.6 is 0 Å². The van der Waals surface area contributed by atoms with Crippen molar-refractivity contribution in [3.8, 4) is 0 Å². The Morgan fingerprint density at radius 2 is 0.540 bits per heavy atom. The molecule has 0 bridgehead atoms. The van der Waals surface area contributed by atoms with Gasteiger partial charge in [0.15, 0.2) is 0 Å². The van der Waals surface area contributed by atoms with E-state index in [-0.39, 0.29) is 10.8 Å². The monoisotopic (exact) mass is 669 g/mol. The van der Waals surface area contributed by atoms with Crippen molar-refractivity contribution in [3.63, 3.8) is 0 Å². The maximum Gasteiger partial charge on any atom is 0.00162 e. The summed E-state index contributed by atoms with van der Waals surface area (Å²) in [7, 11) is 0. The number of hydrogen-bond donors (Lipinski definition) is 0. The SMILES string of the molecule is CCC(C)(c1ccccc1)C(C)(CC)c1ccccc1.CCC(C)c1ccccc1.CCC(C)c1ccccc1.CCC(C)c1ccccc1. The topological polar surface area (TPSA) is 0 Å². The normalized spacial score (nSPS) is 14.7. The van der Waals surface area contributed by atoms with Gasteiger partial charge in [-0.1, -0.05) is 221 Å². The summed E-state index contributed by atoms with van der Waals surface area (Å²) in [6, 6.07) is 53.9. The third kappa shape index (κ3) is 12.5. The van der Waals surface area contributed by atoms with Crippen molar-refractivity contribution in [2.75, 3.05) is 0 Å². The Kier molecular flexibility index (Phi) is 19.2. The molecular weight excluding hydrogens is 601 g/mol. The molecule has 0 N–H and O–H groups in total. The molecule has 0 saturated carbocycles. The van der Waals surface area contributed by atoms with E-state index in [1.54, 1.807) is 0 Å². The van der Waals surface area contributed by atoms with Gasteiger partial charge in [0.05, 0.1) is 0 Å². The van der Waals surface area contributed by atoms with Gasteiger partial charge < -0.3 is 0 Å². The summed E-state index contributed by atoms with van der Waals surface area (Å²) in [5.74, 6) is 2.13. The van der Waals surface area contributed by atoms with E-state index in [0.717, 1.165) is 12.8 Å². The lowest BCUT2D eigenvalue weighted by molar-refractivity contribution is 0.235. The molecular formula is C50H68. The second-order valence-electron chi connectivity index (χ2n) is 14.3. The first kappa shape index (κ1) is 42.3. The molecule has 5 rings (SSSR count). The average Bonchev–Trinajstić information content (AvgIpc) is 3.21. The summed E-state index contributed by atoms with van der Waals surface area (Å²) < 4.78 is 0. The Morgan fingerprint density at radius 1 is 0.340 bits per heavy atom. The van der Waals surface area contributed by atoms with E-state index in [0.29, 0.717) is 17.8 Å². The Balaban J connectivity index is 0.000000246. The van der Waals surface area contributed by atoms with Crippen molar-refractivity contribution in [1.82, 2.24) is 0 Å². The lowest BCUT2D eigenvalue weighted by Crippen LogP contribution is -2.44. The fraction of sp³-hybridized carbons (Fsp3) is 0.400. The van der Waals surface area contributed by atoms with E-state index in [1.807, 2.05) is 0 Å². The highest BCUT2D eigenvalue weighted by atomic mass is 14.5. The minimum atomic E-state index is 0.143. The maximum atomic E-state index is 2.42. The molecule has 50 heavy (non-hydrogen) atoms. The van der Waals surface area contributed by atoms with Gasteiger partial charge in [-0.2, -0.15) is 0 Å². The molecule has 268 valence electrons. The first-order valence-corrected chi connectivity index (χ1v) is 19.4. The third-order valence-electron chi connectivity index (χ3n) is 11.4. The smallest absolute Gasteiger partial charge is 0.00162 e. The van der Waals surface area contributed by atoms with E-state index in [9.17, 15) is 0 Å². The van der Waals surface area contributed by atoms with Gasteiger partial charge in [0.1, 0.15) is 0 Å². The van der Waals surface area contributed by atoms with Crippen LogP contribution in [0.4, 0.5) is 0 Å². The van der Waals surface area contributed by atoms with Gasteiger partial charge >= 0.3 is 0 Å². The minimum absolute atomic E-state index is 0.143. The van der Waals surface area contributed by atoms with Crippen LogP contribution in [-0.4, -0.2) is 0 Å². The Morgan fingerprint density at radius 3 is 0.720 bits per heavy atom. The van der Waals surface area contributed by atoms with Crippen LogP contribution in [-0.2, 0) is 10.8 Å². The maximum absolute atomic E-state index is 2.42. The fourth-order valence-corrected chi connectivity index (χ4v) is 6.49. The number of hydrogen-bond acceptors (Lipinski definition) is 0. The minimum Gasteiger partial charge on any atom is -0.0648 e. The summed E-state index contributed by atoms with van der Waals surface area (Å²) in [6.07, 6.45) is 5.95. The Hall–Kier alpha value is -3.90. The summed E-state index contributed by atoms with van der Waals surface area (Å²) in [4.78, 5) is 0.